The van der Waals surface area contributed by atoms with Crippen LogP contribution in [0.2, 0.25) is 0 Å². The number of hydrogen-bond donors (Lipinski definition) is 0. The van der Waals surface area contributed by atoms with Crippen molar-refractivity contribution in [3.63, 3.8) is 0 Å². The van der Waals surface area contributed by atoms with Crippen LogP contribution in [0, 0.1) is 5.92 Å². The van der Waals surface area contributed by atoms with Gasteiger partial charge in [-0.25, -0.2) is 4.68 Å². The van der Waals surface area contributed by atoms with E-state index in [0.717, 1.165) is 51.8 Å². The van der Waals surface area contributed by atoms with Gasteiger partial charge in [-0.05, 0) is 54.0 Å². The molecule has 1 aromatic heterocycles. The molecule has 4 rings (SSSR count). The SMILES string of the molecule is O=C(CSc1nnnn1C[C@@H]1CCCO1)N1CCC(Cc2ccccc2)CC1. The summed E-state index contributed by atoms with van der Waals surface area (Å²) in [5, 5.41) is 12.6. The second kappa shape index (κ2) is 9.52. The van der Waals surface area contributed by atoms with Gasteiger partial charge in [-0.15, -0.1) is 5.10 Å². The number of rotatable bonds is 7. The monoisotopic (exact) mass is 401 g/mol. The van der Waals surface area contributed by atoms with Crippen molar-refractivity contribution in [2.45, 2.75) is 49.9 Å². The largest absolute Gasteiger partial charge is 0.376 e. The van der Waals surface area contributed by atoms with E-state index >= 15 is 0 Å². The van der Waals surface area contributed by atoms with Crippen LogP contribution in [0.4, 0.5) is 0 Å². The molecule has 28 heavy (non-hydrogen) atoms. The van der Waals surface area contributed by atoms with Crippen LogP contribution in [0.25, 0.3) is 0 Å². The quantitative estimate of drug-likeness (QED) is 0.664. The molecule has 2 aliphatic rings. The average molecular weight is 402 g/mol. The molecule has 150 valence electrons. The molecule has 0 unspecified atom stereocenters. The van der Waals surface area contributed by atoms with Gasteiger partial charge in [0.15, 0.2) is 0 Å². The van der Waals surface area contributed by atoms with E-state index in [1.807, 2.05) is 4.90 Å². The van der Waals surface area contributed by atoms with Gasteiger partial charge in [0.05, 0.1) is 18.4 Å². The van der Waals surface area contributed by atoms with Crippen LogP contribution in [0.1, 0.15) is 31.2 Å². The molecule has 0 aliphatic carbocycles. The Morgan fingerprint density at radius 1 is 1.18 bits per heavy atom. The molecule has 8 heteroatoms. The van der Waals surface area contributed by atoms with Crippen molar-refractivity contribution in [3.05, 3.63) is 35.9 Å². The van der Waals surface area contributed by atoms with Gasteiger partial charge in [-0.2, -0.15) is 0 Å². The fourth-order valence-electron chi connectivity index (χ4n) is 3.95. The first-order valence-corrected chi connectivity index (χ1v) is 11.1. The molecule has 0 spiro atoms. The molecule has 2 fully saturated rings. The van der Waals surface area contributed by atoms with Crippen LogP contribution in [0.3, 0.4) is 0 Å². The number of thioether (sulfide) groups is 1. The molecule has 2 saturated heterocycles. The number of aromatic nitrogens is 4. The second-order valence-corrected chi connectivity index (χ2v) is 8.52. The Hall–Kier alpha value is -1.93. The highest BCUT2D eigenvalue weighted by atomic mass is 32.2. The summed E-state index contributed by atoms with van der Waals surface area (Å²) in [5.74, 6) is 1.22. The predicted octanol–water partition coefficient (Wildman–Crippen LogP) is 2.43. The number of carbonyl (C=O) groups excluding carboxylic acids is 1. The minimum atomic E-state index is 0.176. The lowest BCUT2D eigenvalue weighted by Gasteiger charge is -2.32. The van der Waals surface area contributed by atoms with Gasteiger partial charge in [0.25, 0.3) is 0 Å². The van der Waals surface area contributed by atoms with Crippen LogP contribution >= 0.6 is 11.8 Å². The maximum atomic E-state index is 12.6. The Morgan fingerprint density at radius 2 is 2.00 bits per heavy atom. The fourth-order valence-corrected chi connectivity index (χ4v) is 4.74. The highest BCUT2D eigenvalue weighted by Gasteiger charge is 2.24. The number of likely N-dealkylation sites (tertiary alicyclic amines) is 1. The molecule has 1 amide bonds. The van der Waals surface area contributed by atoms with E-state index in [0.29, 0.717) is 23.4 Å². The van der Waals surface area contributed by atoms with Crippen molar-refractivity contribution < 1.29 is 9.53 Å². The molecule has 1 atom stereocenters. The summed E-state index contributed by atoms with van der Waals surface area (Å²) < 4.78 is 7.42. The summed E-state index contributed by atoms with van der Waals surface area (Å²) in [6, 6.07) is 10.6. The highest BCUT2D eigenvalue weighted by Crippen LogP contribution is 2.23. The molecule has 0 saturated carbocycles. The molecular weight excluding hydrogens is 374 g/mol. The Labute approximate surface area is 169 Å². The number of amides is 1. The van der Waals surface area contributed by atoms with Gasteiger partial charge in [0.1, 0.15) is 0 Å². The third-order valence-electron chi connectivity index (χ3n) is 5.56. The van der Waals surface area contributed by atoms with Crippen LogP contribution in [0.5, 0.6) is 0 Å². The van der Waals surface area contributed by atoms with Gasteiger partial charge >= 0.3 is 0 Å². The Kier molecular flexibility index (Phi) is 6.59. The molecule has 0 bridgehead atoms. The maximum Gasteiger partial charge on any atom is 0.233 e. The first-order valence-electron chi connectivity index (χ1n) is 10.1. The number of hydrogen-bond acceptors (Lipinski definition) is 6. The topological polar surface area (TPSA) is 73.1 Å². The van der Waals surface area contributed by atoms with E-state index in [1.165, 1.54) is 17.3 Å². The molecule has 1 aromatic carbocycles. The zero-order valence-electron chi connectivity index (χ0n) is 16.1. The van der Waals surface area contributed by atoms with Gasteiger partial charge in [0, 0.05) is 19.7 Å². The second-order valence-electron chi connectivity index (χ2n) is 7.58. The highest BCUT2D eigenvalue weighted by molar-refractivity contribution is 7.99. The van der Waals surface area contributed by atoms with E-state index in [-0.39, 0.29) is 12.0 Å². The van der Waals surface area contributed by atoms with Crippen LogP contribution in [-0.4, -0.2) is 62.6 Å². The standard InChI is InChI=1S/C20H27N5O2S/c26-19(15-28-20-21-22-23-25(20)14-18-7-4-12-27-18)24-10-8-17(9-11-24)13-16-5-2-1-3-6-16/h1-3,5-6,17-18H,4,7-15H2/t18-/m0/s1. The molecule has 0 N–H and O–H groups in total. The van der Waals surface area contributed by atoms with Gasteiger partial charge < -0.3 is 9.64 Å². The summed E-state index contributed by atoms with van der Waals surface area (Å²) in [6.07, 6.45) is 5.57. The minimum absolute atomic E-state index is 0.176. The van der Waals surface area contributed by atoms with E-state index in [9.17, 15) is 4.79 Å². The summed E-state index contributed by atoms with van der Waals surface area (Å²) >= 11 is 1.42. The number of tetrazole rings is 1. The minimum Gasteiger partial charge on any atom is -0.376 e. The Bertz CT molecular complexity index is 755. The molecule has 7 nitrogen and oxygen atoms in total. The zero-order valence-corrected chi connectivity index (χ0v) is 16.9. The average Bonchev–Trinajstić information content (AvgIpc) is 3.40. The Morgan fingerprint density at radius 3 is 2.75 bits per heavy atom. The third kappa shape index (κ3) is 5.11. The molecule has 2 aromatic rings. The Balaban J connectivity index is 1.21. The number of carbonyl (C=O) groups is 1. The fraction of sp³-hybridized carbons (Fsp3) is 0.600. The molecule has 2 aliphatic heterocycles. The van der Waals surface area contributed by atoms with Crippen molar-refractivity contribution in [1.29, 1.82) is 0 Å². The van der Waals surface area contributed by atoms with E-state index in [1.54, 1.807) is 4.68 Å². The van der Waals surface area contributed by atoms with Crippen molar-refractivity contribution >= 4 is 17.7 Å². The first kappa shape index (κ1) is 19.4. The summed E-state index contributed by atoms with van der Waals surface area (Å²) in [4.78, 5) is 14.6. The third-order valence-corrected chi connectivity index (χ3v) is 6.50. The lowest BCUT2D eigenvalue weighted by Crippen LogP contribution is -2.39. The molecular formula is C20H27N5O2S. The van der Waals surface area contributed by atoms with Crippen molar-refractivity contribution in [2.24, 2.45) is 5.92 Å². The van der Waals surface area contributed by atoms with E-state index in [4.69, 9.17) is 4.74 Å². The zero-order chi connectivity index (χ0) is 19.2. The normalized spacial score (nSPS) is 20.6. The smallest absolute Gasteiger partial charge is 0.233 e. The van der Waals surface area contributed by atoms with Gasteiger partial charge in [0.2, 0.25) is 11.1 Å². The van der Waals surface area contributed by atoms with E-state index < -0.39 is 0 Å². The predicted molar refractivity (Wildman–Crippen MR) is 107 cm³/mol. The van der Waals surface area contributed by atoms with E-state index in [2.05, 4.69) is 45.9 Å². The van der Waals surface area contributed by atoms with Crippen LogP contribution in [-0.2, 0) is 22.5 Å². The maximum absolute atomic E-state index is 12.6. The van der Waals surface area contributed by atoms with Crippen molar-refractivity contribution in [3.8, 4) is 0 Å². The lowest BCUT2D eigenvalue weighted by atomic mass is 9.90. The first-order chi connectivity index (χ1) is 13.8. The number of benzene rings is 1. The van der Waals surface area contributed by atoms with Crippen molar-refractivity contribution in [2.75, 3.05) is 25.4 Å². The lowest BCUT2D eigenvalue weighted by molar-refractivity contribution is -0.129. The van der Waals surface area contributed by atoms with Crippen molar-refractivity contribution in [1.82, 2.24) is 25.1 Å². The summed E-state index contributed by atoms with van der Waals surface area (Å²) in [5.41, 5.74) is 1.39. The van der Waals surface area contributed by atoms with Gasteiger partial charge in [-0.3, -0.25) is 4.79 Å². The molecule has 0 radical (unpaired) electrons. The summed E-state index contributed by atoms with van der Waals surface area (Å²) in [7, 11) is 0. The van der Waals surface area contributed by atoms with Crippen LogP contribution < -0.4 is 0 Å². The number of piperidine rings is 1. The number of ether oxygens (including phenoxy) is 1. The molecule has 3 heterocycles. The number of nitrogens with zero attached hydrogens (tertiary/aromatic N) is 5. The van der Waals surface area contributed by atoms with Gasteiger partial charge in [-0.1, -0.05) is 42.1 Å². The van der Waals surface area contributed by atoms with Crippen LogP contribution in [0.15, 0.2) is 35.5 Å². The summed E-state index contributed by atoms with van der Waals surface area (Å²) in [6.45, 7) is 3.16.